The second-order valence-corrected chi connectivity index (χ2v) is 9.55. The minimum Gasteiger partial charge on any atom is -0.492 e. The molecule has 3 aromatic rings. The molecule has 1 unspecified atom stereocenters. The van der Waals surface area contributed by atoms with E-state index in [-0.39, 0.29) is 12.5 Å². The van der Waals surface area contributed by atoms with Crippen LogP contribution in [0, 0.1) is 11.6 Å². The number of rotatable bonds is 5. The van der Waals surface area contributed by atoms with Crippen LogP contribution in [-0.4, -0.2) is 51.7 Å². The van der Waals surface area contributed by atoms with E-state index in [0.717, 1.165) is 75.6 Å². The first-order valence-corrected chi connectivity index (χ1v) is 12.0. The molecule has 0 bridgehead atoms. The van der Waals surface area contributed by atoms with E-state index in [1.165, 1.54) is 10.1 Å². The van der Waals surface area contributed by atoms with E-state index in [1.54, 1.807) is 0 Å². The number of piperidine rings is 1. The number of ether oxygens (including phenoxy) is 1. The third-order valence-corrected chi connectivity index (χ3v) is 7.36. The number of aryl methyl sites for hydroxylation is 1. The summed E-state index contributed by atoms with van der Waals surface area (Å²) in [5.74, 6) is -0.544. The van der Waals surface area contributed by atoms with E-state index in [2.05, 4.69) is 26.3 Å². The van der Waals surface area contributed by atoms with Gasteiger partial charge in [-0.15, -0.1) is 0 Å². The summed E-state index contributed by atoms with van der Waals surface area (Å²) in [6.07, 6.45) is 7.03. The van der Waals surface area contributed by atoms with Crippen molar-refractivity contribution in [3.05, 3.63) is 63.3 Å². The van der Waals surface area contributed by atoms with Gasteiger partial charge in [-0.2, -0.15) is 0 Å². The maximum absolute atomic E-state index is 14.7. The molecule has 0 saturated carbocycles. The molecule has 1 saturated heterocycles. The maximum Gasteiger partial charge on any atom is 0.287 e. The fourth-order valence-electron chi connectivity index (χ4n) is 5.61. The van der Waals surface area contributed by atoms with Gasteiger partial charge < -0.3 is 19.5 Å². The molecule has 1 N–H and O–H groups in total. The van der Waals surface area contributed by atoms with Crippen LogP contribution in [0.4, 0.5) is 8.78 Å². The SMILES string of the molecule is O=c1c(F)cc2ncc(F)c3c2n1CC3CN1CCC(NCc2cc3c(cn2)OCCC3)CC1. The Morgan fingerprint density at radius 3 is 2.82 bits per heavy atom. The second-order valence-electron chi connectivity index (χ2n) is 9.55. The van der Waals surface area contributed by atoms with Gasteiger partial charge in [-0.3, -0.25) is 14.8 Å². The minimum absolute atomic E-state index is 0.188. The van der Waals surface area contributed by atoms with Crippen LogP contribution < -0.4 is 15.6 Å². The smallest absolute Gasteiger partial charge is 0.287 e. The number of nitrogens with one attached hydrogen (secondary N) is 1. The third-order valence-electron chi connectivity index (χ3n) is 7.36. The summed E-state index contributed by atoms with van der Waals surface area (Å²) in [7, 11) is 0. The third kappa shape index (κ3) is 3.86. The van der Waals surface area contributed by atoms with E-state index in [1.807, 2.05) is 6.20 Å². The molecule has 1 fully saturated rings. The normalized spacial score (nSPS) is 20.5. The Morgan fingerprint density at radius 2 is 1.97 bits per heavy atom. The molecule has 3 aliphatic rings. The molecule has 9 heteroatoms. The summed E-state index contributed by atoms with van der Waals surface area (Å²) in [6, 6.07) is 3.65. The lowest BCUT2D eigenvalue weighted by Gasteiger charge is -2.34. The number of nitrogens with zero attached hydrogens (tertiary/aromatic N) is 4. The van der Waals surface area contributed by atoms with Gasteiger partial charge >= 0.3 is 0 Å². The largest absolute Gasteiger partial charge is 0.492 e. The standard InChI is InChI=1S/C25H27F2N5O2/c26-19-9-21-24-23(20(27)11-30-21)16(14-32(24)25(19)33)13-31-5-3-17(4-6-31)28-10-18-8-15-2-1-7-34-22(15)12-29-18/h8-9,11-12,16-17,28H,1-7,10,13-14H2. The topological polar surface area (TPSA) is 72.3 Å². The van der Waals surface area contributed by atoms with E-state index >= 15 is 0 Å². The monoisotopic (exact) mass is 467 g/mol. The fourth-order valence-corrected chi connectivity index (χ4v) is 5.61. The summed E-state index contributed by atoms with van der Waals surface area (Å²) >= 11 is 0. The van der Waals surface area contributed by atoms with Crippen LogP contribution in [-0.2, 0) is 19.5 Å². The Labute approximate surface area is 195 Å². The number of hydrogen-bond acceptors (Lipinski definition) is 6. The zero-order valence-corrected chi connectivity index (χ0v) is 18.9. The molecule has 7 nitrogen and oxygen atoms in total. The molecule has 0 aromatic carbocycles. The molecule has 3 aromatic heterocycles. The van der Waals surface area contributed by atoms with Crippen molar-refractivity contribution in [3.63, 3.8) is 0 Å². The summed E-state index contributed by atoms with van der Waals surface area (Å²) in [5.41, 5.74) is 2.84. The van der Waals surface area contributed by atoms with Gasteiger partial charge in [0.15, 0.2) is 5.82 Å². The van der Waals surface area contributed by atoms with Crippen molar-refractivity contribution >= 4 is 11.0 Å². The van der Waals surface area contributed by atoms with Crippen LogP contribution in [0.1, 0.15) is 42.0 Å². The predicted molar refractivity (Wildman–Crippen MR) is 123 cm³/mol. The molecule has 0 amide bonds. The highest BCUT2D eigenvalue weighted by atomic mass is 19.1. The highest BCUT2D eigenvalue weighted by molar-refractivity contribution is 5.80. The predicted octanol–water partition coefficient (Wildman–Crippen LogP) is 2.75. The Hall–Kier alpha value is -2.91. The number of fused-ring (bicyclic) bond motifs is 1. The van der Waals surface area contributed by atoms with Crippen molar-refractivity contribution < 1.29 is 13.5 Å². The van der Waals surface area contributed by atoms with Crippen LogP contribution >= 0.6 is 0 Å². The Kier molecular flexibility index (Phi) is 5.53. The van der Waals surface area contributed by atoms with Crippen LogP contribution in [0.3, 0.4) is 0 Å². The maximum atomic E-state index is 14.7. The molecule has 3 aliphatic heterocycles. The molecule has 34 heavy (non-hydrogen) atoms. The fraction of sp³-hybridized carbons (Fsp3) is 0.480. The molecular formula is C25H27F2N5O2. The summed E-state index contributed by atoms with van der Waals surface area (Å²) in [5, 5.41) is 3.63. The van der Waals surface area contributed by atoms with Crippen molar-refractivity contribution in [2.75, 3.05) is 26.2 Å². The Balaban J connectivity index is 1.07. The summed E-state index contributed by atoms with van der Waals surface area (Å²) in [4.78, 5) is 23.1. The van der Waals surface area contributed by atoms with Crippen molar-refractivity contribution in [3.8, 4) is 5.75 Å². The van der Waals surface area contributed by atoms with E-state index in [9.17, 15) is 13.6 Å². The van der Waals surface area contributed by atoms with E-state index < -0.39 is 17.2 Å². The molecular weight excluding hydrogens is 440 g/mol. The first kappa shape index (κ1) is 21.6. The van der Waals surface area contributed by atoms with Gasteiger partial charge in [0.05, 0.1) is 35.7 Å². The van der Waals surface area contributed by atoms with Crippen molar-refractivity contribution in [1.29, 1.82) is 0 Å². The van der Waals surface area contributed by atoms with Crippen molar-refractivity contribution in [2.45, 2.75) is 50.7 Å². The molecule has 6 rings (SSSR count). The highest BCUT2D eigenvalue weighted by Gasteiger charge is 2.32. The quantitative estimate of drug-likeness (QED) is 0.622. The molecule has 0 aliphatic carbocycles. The van der Waals surface area contributed by atoms with Gasteiger partial charge in [0.25, 0.3) is 5.56 Å². The first-order chi connectivity index (χ1) is 16.6. The Bertz CT molecular complexity index is 1300. The van der Waals surface area contributed by atoms with Crippen molar-refractivity contribution in [1.82, 2.24) is 24.8 Å². The van der Waals surface area contributed by atoms with Crippen LogP contribution in [0.5, 0.6) is 5.75 Å². The Morgan fingerprint density at radius 1 is 1.12 bits per heavy atom. The average Bonchev–Trinajstić information content (AvgIpc) is 3.24. The number of likely N-dealkylation sites (tertiary alicyclic amines) is 1. The van der Waals surface area contributed by atoms with Gasteiger partial charge in [-0.05, 0) is 50.4 Å². The average molecular weight is 468 g/mol. The lowest BCUT2D eigenvalue weighted by atomic mass is 9.98. The van der Waals surface area contributed by atoms with Gasteiger partial charge in [-0.25, -0.2) is 8.78 Å². The number of halogens is 2. The van der Waals surface area contributed by atoms with Gasteiger partial charge in [0.1, 0.15) is 11.6 Å². The van der Waals surface area contributed by atoms with E-state index in [0.29, 0.717) is 29.2 Å². The van der Waals surface area contributed by atoms with Gasteiger partial charge in [0, 0.05) is 43.2 Å². The van der Waals surface area contributed by atoms with Crippen molar-refractivity contribution in [2.24, 2.45) is 0 Å². The van der Waals surface area contributed by atoms with Gasteiger partial charge in [0.2, 0.25) is 0 Å². The number of pyridine rings is 3. The molecule has 0 spiro atoms. The summed E-state index contributed by atoms with van der Waals surface area (Å²) < 4.78 is 35.7. The second kappa shape index (κ2) is 8.70. The highest BCUT2D eigenvalue weighted by Crippen LogP contribution is 2.35. The van der Waals surface area contributed by atoms with Crippen LogP contribution in [0.25, 0.3) is 11.0 Å². The molecule has 1 atom stereocenters. The lowest BCUT2D eigenvalue weighted by Crippen LogP contribution is -2.43. The number of aromatic nitrogens is 3. The van der Waals surface area contributed by atoms with E-state index in [4.69, 9.17) is 4.74 Å². The van der Waals surface area contributed by atoms with Crippen LogP contribution in [0.15, 0.2) is 29.3 Å². The van der Waals surface area contributed by atoms with Gasteiger partial charge in [-0.1, -0.05) is 0 Å². The first-order valence-electron chi connectivity index (χ1n) is 12.0. The molecule has 0 radical (unpaired) electrons. The van der Waals surface area contributed by atoms with Crippen LogP contribution in [0.2, 0.25) is 0 Å². The zero-order chi connectivity index (χ0) is 23.2. The zero-order valence-electron chi connectivity index (χ0n) is 18.9. The molecule has 178 valence electrons. The minimum atomic E-state index is -0.842. The lowest BCUT2D eigenvalue weighted by molar-refractivity contribution is 0.184. The number of hydrogen-bond donors (Lipinski definition) is 1. The summed E-state index contributed by atoms with van der Waals surface area (Å²) in [6.45, 7) is 4.19. The molecule has 6 heterocycles.